The molecule has 0 aliphatic carbocycles. The number of likely N-dealkylation sites (tertiary alicyclic amines) is 1. The first kappa shape index (κ1) is 22.0. The number of nitrogens with two attached hydrogens (primary N) is 1. The molecule has 3 heterocycles. The van der Waals surface area contributed by atoms with Gasteiger partial charge < -0.3 is 25.8 Å². The van der Waals surface area contributed by atoms with E-state index in [9.17, 15) is 4.79 Å². The molecule has 3 aromatic rings. The molecule has 1 fully saturated rings. The van der Waals surface area contributed by atoms with E-state index in [4.69, 9.17) is 5.73 Å². The van der Waals surface area contributed by atoms with Crippen LogP contribution in [0.4, 0.5) is 17.2 Å². The summed E-state index contributed by atoms with van der Waals surface area (Å²) in [5.41, 5.74) is 9.18. The Bertz CT molecular complexity index is 1100. The number of piperidine rings is 1. The maximum atomic E-state index is 13.1. The summed E-state index contributed by atoms with van der Waals surface area (Å²) in [4.78, 5) is 25.2. The third kappa shape index (κ3) is 4.52. The summed E-state index contributed by atoms with van der Waals surface area (Å²) in [5, 5.41) is 4.61. The van der Waals surface area contributed by atoms with Gasteiger partial charge in [0.05, 0.1) is 5.69 Å². The minimum atomic E-state index is -0.00133. The lowest BCUT2D eigenvalue weighted by atomic mass is 10.0. The highest BCUT2D eigenvalue weighted by molar-refractivity contribution is 5.98. The number of carbonyl (C=O) groups excluding carboxylic acids is 1. The Morgan fingerprint density at radius 3 is 2.75 bits per heavy atom. The first-order valence-electron chi connectivity index (χ1n) is 11.4. The topological polar surface area (TPSA) is 90.3 Å². The number of aromatic amines is 1. The van der Waals surface area contributed by atoms with Crippen LogP contribution in [-0.2, 0) is 0 Å². The fourth-order valence-electron chi connectivity index (χ4n) is 4.29. The van der Waals surface area contributed by atoms with Crippen LogP contribution in [0.3, 0.4) is 0 Å². The molecule has 0 saturated carbocycles. The van der Waals surface area contributed by atoms with Gasteiger partial charge in [0.2, 0.25) is 0 Å². The number of nitrogens with zero attached hydrogens (tertiary/aromatic N) is 3. The van der Waals surface area contributed by atoms with Crippen molar-refractivity contribution in [2.45, 2.75) is 51.6 Å². The van der Waals surface area contributed by atoms with Crippen LogP contribution in [0.1, 0.15) is 50.5 Å². The number of anilines is 3. The fourth-order valence-corrected chi connectivity index (χ4v) is 4.29. The lowest BCUT2D eigenvalue weighted by molar-refractivity contribution is 0.0708. The molecule has 1 aliphatic heterocycles. The van der Waals surface area contributed by atoms with Crippen LogP contribution in [0.15, 0.2) is 42.6 Å². The van der Waals surface area contributed by atoms with Gasteiger partial charge >= 0.3 is 0 Å². The number of hydrogen-bond donors (Lipinski definition) is 3. The Morgan fingerprint density at radius 1 is 1.28 bits per heavy atom. The monoisotopic (exact) mass is 434 g/mol. The molecule has 7 nitrogen and oxygen atoms in total. The van der Waals surface area contributed by atoms with Crippen LogP contribution < -0.4 is 16.0 Å². The van der Waals surface area contributed by atoms with Crippen LogP contribution in [0.2, 0.25) is 0 Å². The van der Waals surface area contributed by atoms with Crippen molar-refractivity contribution < 1.29 is 4.79 Å². The number of carbonyl (C=O) groups is 1. The molecule has 0 bridgehead atoms. The lowest BCUT2D eigenvalue weighted by Gasteiger charge is -2.38. The normalized spacial score (nSPS) is 15.2. The number of rotatable bonds is 6. The van der Waals surface area contributed by atoms with E-state index in [1.165, 1.54) is 0 Å². The van der Waals surface area contributed by atoms with Crippen molar-refractivity contribution in [2.24, 2.45) is 0 Å². The second-order valence-corrected chi connectivity index (χ2v) is 9.40. The molecule has 32 heavy (non-hydrogen) atoms. The highest BCUT2D eigenvalue weighted by Crippen LogP contribution is 2.30. The highest BCUT2D eigenvalue weighted by Gasteiger charge is 2.28. The Hall–Kier alpha value is -3.22. The van der Waals surface area contributed by atoms with Crippen molar-refractivity contribution >= 4 is 34.0 Å². The van der Waals surface area contributed by atoms with Gasteiger partial charge in [-0.15, -0.1) is 0 Å². The molecule has 0 spiro atoms. The van der Waals surface area contributed by atoms with E-state index in [0.29, 0.717) is 17.4 Å². The van der Waals surface area contributed by atoms with Gasteiger partial charge in [-0.2, -0.15) is 0 Å². The largest absolute Gasteiger partial charge is 0.399 e. The van der Waals surface area contributed by atoms with Gasteiger partial charge in [0.15, 0.2) is 5.82 Å². The molecule has 0 atom stereocenters. The molecule has 170 valence electrons. The molecule has 1 saturated heterocycles. The van der Waals surface area contributed by atoms with Crippen molar-refractivity contribution in [1.82, 2.24) is 14.9 Å². The zero-order valence-electron chi connectivity index (χ0n) is 19.5. The second kappa shape index (κ2) is 8.73. The molecular weight excluding hydrogens is 400 g/mol. The van der Waals surface area contributed by atoms with E-state index in [-0.39, 0.29) is 11.4 Å². The molecule has 1 amide bonds. The number of benzene rings is 1. The van der Waals surface area contributed by atoms with Gasteiger partial charge in [0, 0.05) is 54.5 Å². The van der Waals surface area contributed by atoms with Crippen molar-refractivity contribution in [3.05, 3.63) is 48.3 Å². The average Bonchev–Trinajstić information content (AvgIpc) is 3.21. The third-order valence-electron chi connectivity index (χ3n) is 6.65. The molecule has 0 unspecified atom stereocenters. The lowest BCUT2D eigenvalue weighted by Crippen LogP contribution is -2.46. The zero-order valence-corrected chi connectivity index (χ0v) is 19.5. The molecule has 1 aliphatic rings. The molecule has 7 heteroatoms. The minimum Gasteiger partial charge on any atom is -0.399 e. The molecule has 2 aromatic heterocycles. The van der Waals surface area contributed by atoms with Crippen molar-refractivity contribution in [2.75, 3.05) is 36.1 Å². The number of nitrogen functional groups attached to an aromatic ring is 1. The Balaban J connectivity index is 1.43. The molecule has 1 aromatic carbocycles. The van der Waals surface area contributed by atoms with E-state index >= 15 is 0 Å². The predicted molar refractivity (Wildman–Crippen MR) is 132 cm³/mol. The third-order valence-corrected chi connectivity index (χ3v) is 6.65. The Morgan fingerprint density at radius 2 is 2.03 bits per heavy atom. The number of fused-ring (bicyclic) bond motifs is 1. The summed E-state index contributed by atoms with van der Waals surface area (Å²) in [6.07, 6.45) is 4.67. The van der Waals surface area contributed by atoms with Gasteiger partial charge in [-0.25, -0.2) is 4.98 Å². The zero-order chi connectivity index (χ0) is 22.9. The summed E-state index contributed by atoms with van der Waals surface area (Å²) in [5.74, 6) is 1.01. The van der Waals surface area contributed by atoms with E-state index in [1.807, 2.05) is 41.4 Å². The number of H-pyrrole nitrogens is 1. The quantitative estimate of drug-likeness (QED) is 0.498. The maximum Gasteiger partial charge on any atom is 0.270 e. The van der Waals surface area contributed by atoms with Gasteiger partial charge in [-0.1, -0.05) is 6.92 Å². The molecule has 4 N–H and O–H groups in total. The number of hydrogen-bond acceptors (Lipinski definition) is 5. The summed E-state index contributed by atoms with van der Waals surface area (Å²) >= 11 is 0. The Labute approximate surface area is 190 Å². The minimum absolute atomic E-state index is 0.00133. The first-order chi connectivity index (χ1) is 15.3. The van der Waals surface area contributed by atoms with Gasteiger partial charge in [0.1, 0.15) is 5.69 Å². The van der Waals surface area contributed by atoms with Crippen LogP contribution in [0.5, 0.6) is 0 Å². The average molecular weight is 435 g/mol. The standard InChI is InChI=1S/C25H34N6O/c1-5-25(2,3)29-21-7-6-12-27-23(21)30(4)19-10-13-31(14-11-19)24(32)22-16-17-15-18(26)8-9-20(17)28-22/h6-9,12,15-16,19,28-29H,5,10-11,13-14,26H2,1-4H3. The maximum absolute atomic E-state index is 13.1. The number of aromatic nitrogens is 2. The summed E-state index contributed by atoms with van der Waals surface area (Å²) in [6, 6.07) is 12.0. The molecule has 0 radical (unpaired) electrons. The van der Waals surface area contributed by atoms with Crippen LogP contribution in [0, 0.1) is 0 Å². The van der Waals surface area contributed by atoms with Crippen LogP contribution in [-0.4, -0.2) is 52.5 Å². The number of nitrogens with one attached hydrogen (secondary N) is 2. The Kier molecular flexibility index (Phi) is 6.00. The SMILES string of the molecule is CCC(C)(C)Nc1cccnc1N(C)C1CCN(C(=O)c2cc3cc(N)ccc3[nH]2)CC1. The predicted octanol–water partition coefficient (Wildman–Crippen LogP) is 4.49. The van der Waals surface area contributed by atoms with Gasteiger partial charge in [-0.3, -0.25) is 4.79 Å². The van der Waals surface area contributed by atoms with Crippen molar-refractivity contribution in [1.29, 1.82) is 0 Å². The van der Waals surface area contributed by atoms with E-state index in [1.54, 1.807) is 0 Å². The summed E-state index contributed by atoms with van der Waals surface area (Å²) in [7, 11) is 2.11. The molecule has 4 rings (SSSR count). The fraction of sp³-hybridized carbons (Fsp3) is 0.440. The van der Waals surface area contributed by atoms with E-state index in [0.717, 1.165) is 54.8 Å². The van der Waals surface area contributed by atoms with Gasteiger partial charge in [0.25, 0.3) is 5.91 Å². The molecular formula is C25H34N6O. The van der Waals surface area contributed by atoms with Gasteiger partial charge in [-0.05, 0) is 69.5 Å². The second-order valence-electron chi connectivity index (χ2n) is 9.40. The van der Waals surface area contributed by atoms with E-state index < -0.39 is 0 Å². The van der Waals surface area contributed by atoms with Crippen LogP contribution in [0.25, 0.3) is 10.9 Å². The van der Waals surface area contributed by atoms with Crippen molar-refractivity contribution in [3.63, 3.8) is 0 Å². The van der Waals surface area contributed by atoms with Crippen molar-refractivity contribution in [3.8, 4) is 0 Å². The van der Waals surface area contributed by atoms with Crippen LogP contribution >= 0.6 is 0 Å². The highest BCUT2D eigenvalue weighted by atomic mass is 16.2. The van der Waals surface area contributed by atoms with E-state index in [2.05, 4.69) is 54.1 Å². The summed E-state index contributed by atoms with van der Waals surface area (Å²) < 4.78 is 0. The number of amides is 1. The smallest absolute Gasteiger partial charge is 0.270 e. The first-order valence-corrected chi connectivity index (χ1v) is 11.4. The number of pyridine rings is 1. The summed E-state index contributed by atoms with van der Waals surface area (Å²) in [6.45, 7) is 8.03.